The number of carbonyl (C=O) groups is 2. The minimum atomic E-state index is -0.761. The van der Waals surface area contributed by atoms with Crippen LogP contribution in [0, 0.1) is 18.8 Å². The molecule has 34 heavy (non-hydrogen) atoms. The Kier molecular flexibility index (Phi) is 7.05. The molecule has 2 aliphatic heterocycles. The molecule has 2 aliphatic rings. The maximum Gasteiger partial charge on any atom is 0.331 e. The van der Waals surface area contributed by atoms with Gasteiger partial charge >= 0.3 is 5.97 Å². The molecule has 1 aromatic carbocycles. The van der Waals surface area contributed by atoms with Crippen LogP contribution < -0.4 is 0 Å². The second-order valence-electron chi connectivity index (χ2n) is 9.75. The van der Waals surface area contributed by atoms with Gasteiger partial charge in [-0.2, -0.15) is 0 Å². The zero-order chi connectivity index (χ0) is 24.6. The van der Waals surface area contributed by atoms with Gasteiger partial charge in [-0.25, -0.2) is 9.78 Å². The van der Waals surface area contributed by atoms with Crippen LogP contribution in [0.25, 0.3) is 11.0 Å². The Morgan fingerprint density at radius 2 is 1.91 bits per heavy atom. The van der Waals surface area contributed by atoms with E-state index in [2.05, 4.69) is 11.6 Å². The number of cyclic esters (lactones) is 1. The lowest BCUT2D eigenvalue weighted by Gasteiger charge is -2.24. The van der Waals surface area contributed by atoms with Gasteiger partial charge in [0, 0.05) is 31.0 Å². The zero-order valence-corrected chi connectivity index (χ0v) is 20.4. The van der Waals surface area contributed by atoms with Crippen molar-refractivity contribution in [2.75, 3.05) is 0 Å². The third kappa shape index (κ3) is 5.15. The Morgan fingerprint density at radius 3 is 2.68 bits per heavy atom. The number of aliphatic hydroxyl groups is 1. The van der Waals surface area contributed by atoms with Crippen LogP contribution in [0.5, 0.6) is 0 Å². The van der Waals surface area contributed by atoms with E-state index >= 15 is 0 Å². The summed E-state index contributed by atoms with van der Waals surface area (Å²) in [4.78, 5) is 30.0. The molecular weight excluding hydrogens is 432 g/mol. The van der Waals surface area contributed by atoms with Gasteiger partial charge in [-0.3, -0.25) is 4.79 Å². The first-order chi connectivity index (χ1) is 16.2. The van der Waals surface area contributed by atoms with E-state index in [4.69, 9.17) is 9.47 Å². The first-order valence-corrected chi connectivity index (χ1v) is 12.0. The number of aromatic nitrogens is 2. The summed E-state index contributed by atoms with van der Waals surface area (Å²) in [6, 6.07) is 5.92. The maximum atomic E-state index is 12.7. The van der Waals surface area contributed by atoms with Crippen LogP contribution in [0.2, 0.25) is 0 Å². The molecule has 0 spiro atoms. The van der Waals surface area contributed by atoms with Gasteiger partial charge in [0.2, 0.25) is 0 Å². The summed E-state index contributed by atoms with van der Waals surface area (Å²) in [5.74, 6) is -0.530. The van der Waals surface area contributed by atoms with Crippen molar-refractivity contribution in [1.29, 1.82) is 0 Å². The van der Waals surface area contributed by atoms with Crippen LogP contribution in [-0.2, 0) is 26.1 Å². The minimum absolute atomic E-state index is 0.0200. The molecule has 4 rings (SSSR count). The van der Waals surface area contributed by atoms with Crippen molar-refractivity contribution >= 4 is 22.8 Å². The molecule has 1 saturated heterocycles. The summed E-state index contributed by atoms with van der Waals surface area (Å²) in [5, 5.41) is 10.6. The highest BCUT2D eigenvalue weighted by atomic mass is 16.6. The smallest absolute Gasteiger partial charge is 0.331 e. The number of Topliss-reactive ketones (excluding diaryl/α,β-unsaturated/α-hetero) is 1. The zero-order valence-electron chi connectivity index (χ0n) is 20.4. The molecule has 2 aromatic rings. The molecule has 0 saturated carbocycles. The molecule has 182 valence electrons. The van der Waals surface area contributed by atoms with Gasteiger partial charge in [-0.1, -0.05) is 32.9 Å². The molecule has 1 N–H and O–H groups in total. The van der Waals surface area contributed by atoms with Gasteiger partial charge in [0.1, 0.15) is 11.9 Å². The number of aryl methyl sites for hydroxylation is 2. The van der Waals surface area contributed by atoms with Crippen LogP contribution in [0.1, 0.15) is 57.0 Å². The van der Waals surface area contributed by atoms with Gasteiger partial charge in [0.15, 0.2) is 5.78 Å². The van der Waals surface area contributed by atoms with Crippen LogP contribution in [0.3, 0.4) is 0 Å². The summed E-state index contributed by atoms with van der Waals surface area (Å²) in [6.07, 6.45) is 4.62. The standard InChI is InChI=1S/C27H34N2O5/c1-15-7-6-8-22-24(33-22)14-23(19-10-11-21-20(13-19)28-18(4)29(21)5)34-25(30)12-9-16(2)27(32)17(3)26(15)31/h9-13,15,17,22-24,26,31H,2,6-8,14H2,1,3-5H3/b12-9+/t15-,17+,22-,23-,24-,26-/m0/s1. The molecule has 1 aromatic heterocycles. The van der Waals surface area contributed by atoms with Crippen LogP contribution in [0.15, 0.2) is 42.5 Å². The lowest BCUT2D eigenvalue weighted by molar-refractivity contribution is -0.143. The van der Waals surface area contributed by atoms with E-state index in [1.807, 2.05) is 43.7 Å². The third-order valence-electron chi connectivity index (χ3n) is 7.29. The summed E-state index contributed by atoms with van der Waals surface area (Å²) in [7, 11) is 1.97. The third-order valence-corrected chi connectivity index (χ3v) is 7.29. The van der Waals surface area contributed by atoms with Crippen LogP contribution >= 0.6 is 0 Å². The molecule has 7 heteroatoms. The summed E-state index contributed by atoms with van der Waals surface area (Å²) in [6.45, 7) is 9.42. The number of hydrogen-bond donors (Lipinski definition) is 1. The fraction of sp³-hybridized carbons (Fsp3) is 0.519. The van der Waals surface area contributed by atoms with E-state index in [1.54, 1.807) is 6.92 Å². The van der Waals surface area contributed by atoms with Crippen molar-refractivity contribution in [2.45, 2.75) is 70.9 Å². The number of ether oxygens (including phenoxy) is 2. The Labute approximate surface area is 200 Å². The van der Waals surface area contributed by atoms with E-state index in [1.165, 1.54) is 12.2 Å². The number of allylic oxidation sites excluding steroid dienone is 2. The average molecular weight is 467 g/mol. The molecule has 0 bridgehead atoms. The number of ketones is 1. The fourth-order valence-corrected chi connectivity index (χ4v) is 4.82. The molecule has 0 aliphatic carbocycles. The Balaban J connectivity index is 1.59. The number of rotatable bonds is 1. The quantitative estimate of drug-likeness (QED) is 0.386. The largest absolute Gasteiger partial charge is 0.454 e. The summed E-state index contributed by atoms with van der Waals surface area (Å²) in [5.41, 5.74) is 2.91. The van der Waals surface area contributed by atoms with E-state index in [0.29, 0.717) is 6.42 Å². The van der Waals surface area contributed by atoms with Crippen molar-refractivity contribution in [3.05, 3.63) is 53.9 Å². The van der Waals surface area contributed by atoms with E-state index in [9.17, 15) is 14.7 Å². The fourth-order valence-electron chi connectivity index (χ4n) is 4.82. The van der Waals surface area contributed by atoms with Gasteiger partial charge in [-0.15, -0.1) is 0 Å². The first kappa shape index (κ1) is 24.4. The number of imidazole rings is 1. The SMILES string of the molecule is C=C1/C=C/C(=O)O[C@H](c2ccc3c(c2)nc(C)n3C)C[C@@H]2O[C@H]2CCC[C@H](C)[C@H](O)[C@@H](C)C1=O. The van der Waals surface area contributed by atoms with Crippen molar-refractivity contribution in [2.24, 2.45) is 18.9 Å². The number of fused-ring (bicyclic) bond motifs is 2. The molecule has 6 atom stereocenters. The second kappa shape index (κ2) is 9.84. The number of benzene rings is 1. The lowest BCUT2D eigenvalue weighted by Crippen LogP contribution is -2.32. The van der Waals surface area contributed by atoms with Gasteiger partial charge < -0.3 is 19.1 Å². The van der Waals surface area contributed by atoms with E-state index < -0.39 is 24.1 Å². The van der Waals surface area contributed by atoms with E-state index in [-0.39, 0.29) is 29.5 Å². The first-order valence-electron chi connectivity index (χ1n) is 12.0. The van der Waals surface area contributed by atoms with Crippen LogP contribution in [-0.4, -0.2) is 44.7 Å². The monoisotopic (exact) mass is 466 g/mol. The number of aliphatic hydroxyl groups excluding tert-OH is 1. The van der Waals surface area contributed by atoms with Crippen molar-refractivity contribution in [3.8, 4) is 0 Å². The number of carbonyl (C=O) groups excluding carboxylic acids is 2. The lowest BCUT2D eigenvalue weighted by atomic mass is 9.85. The number of nitrogens with zero attached hydrogens (tertiary/aromatic N) is 2. The predicted molar refractivity (Wildman–Crippen MR) is 129 cm³/mol. The highest BCUT2D eigenvalue weighted by Gasteiger charge is 2.41. The van der Waals surface area contributed by atoms with Gasteiger partial charge in [-0.05, 0) is 49.5 Å². The molecule has 0 radical (unpaired) electrons. The average Bonchev–Trinajstić information content (AvgIpc) is 3.49. The Morgan fingerprint density at radius 1 is 1.15 bits per heavy atom. The molecule has 7 nitrogen and oxygen atoms in total. The predicted octanol–water partition coefficient (Wildman–Crippen LogP) is 4.12. The summed E-state index contributed by atoms with van der Waals surface area (Å²) < 4.78 is 13.7. The molecular formula is C27H34N2O5. The molecule has 0 unspecified atom stereocenters. The molecule has 3 heterocycles. The minimum Gasteiger partial charge on any atom is -0.454 e. The van der Waals surface area contributed by atoms with Gasteiger partial charge in [0.25, 0.3) is 0 Å². The highest BCUT2D eigenvalue weighted by Crippen LogP contribution is 2.37. The number of esters is 1. The molecule has 1 fully saturated rings. The highest BCUT2D eigenvalue weighted by molar-refractivity contribution is 6.00. The maximum absolute atomic E-state index is 12.7. The normalized spacial score (nSPS) is 32.3. The molecule has 0 amide bonds. The Hall–Kier alpha value is -2.77. The topological polar surface area (TPSA) is 93.9 Å². The Bertz CT molecular complexity index is 1130. The van der Waals surface area contributed by atoms with Crippen LogP contribution in [0.4, 0.5) is 0 Å². The van der Waals surface area contributed by atoms with E-state index in [0.717, 1.165) is 41.7 Å². The van der Waals surface area contributed by atoms with Crippen molar-refractivity contribution in [1.82, 2.24) is 9.55 Å². The summed E-state index contributed by atoms with van der Waals surface area (Å²) >= 11 is 0. The van der Waals surface area contributed by atoms with Gasteiger partial charge in [0.05, 0.1) is 29.3 Å². The number of epoxide rings is 1. The van der Waals surface area contributed by atoms with Crippen molar-refractivity contribution in [3.63, 3.8) is 0 Å². The second-order valence-corrected chi connectivity index (χ2v) is 9.75. The van der Waals surface area contributed by atoms with Crippen molar-refractivity contribution < 1.29 is 24.2 Å². The number of hydrogen-bond acceptors (Lipinski definition) is 6.